The van der Waals surface area contributed by atoms with E-state index in [1.54, 1.807) is 12.1 Å². The van der Waals surface area contributed by atoms with Crippen molar-refractivity contribution in [2.24, 2.45) is 0 Å². The van der Waals surface area contributed by atoms with Gasteiger partial charge in [0, 0.05) is 25.2 Å². The van der Waals surface area contributed by atoms with Gasteiger partial charge in [-0.3, -0.25) is 4.79 Å². The van der Waals surface area contributed by atoms with Gasteiger partial charge < -0.3 is 26.2 Å². The summed E-state index contributed by atoms with van der Waals surface area (Å²) in [6.45, 7) is 0.519. The number of nitrogens with zero attached hydrogens (tertiary/aromatic N) is 1. The lowest BCUT2D eigenvalue weighted by Crippen LogP contribution is -2.49. The molecule has 4 rings (SSSR count). The quantitative estimate of drug-likeness (QED) is 0.505. The Morgan fingerprint density at radius 2 is 2.14 bits per heavy atom. The van der Waals surface area contributed by atoms with Crippen LogP contribution in [-0.2, 0) is 13.0 Å². The Morgan fingerprint density at radius 1 is 1.31 bits per heavy atom. The molecule has 0 radical (unpaired) electrons. The van der Waals surface area contributed by atoms with E-state index in [-0.39, 0.29) is 23.9 Å². The van der Waals surface area contributed by atoms with Gasteiger partial charge in [0.1, 0.15) is 11.6 Å². The van der Waals surface area contributed by atoms with Crippen LogP contribution in [0.3, 0.4) is 0 Å². The van der Waals surface area contributed by atoms with Crippen LogP contribution in [0.5, 0.6) is 5.75 Å². The van der Waals surface area contributed by atoms with Gasteiger partial charge in [0.15, 0.2) is 5.82 Å². The maximum Gasteiger partial charge on any atom is 0.254 e. The van der Waals surface area contributed by atoms with Crippen LogP contribution in [0.25, 0.3) is 0 Å². The fraction of sp³-hybridized carbons (Fsp3) is 0.429. The van der Waals surface area contributed by atoms with E-state index in [0.29, 0.717) is 24.8 Å². The minimum atomic E-state index is -0.835. The molecular formula is C21H25FN4O3. The lowest BCUT2D eigenvalue weighted by molar-refractivity contribution is 0.0866. The predicted octanol–water partition coefficient (Wildman–Crippen LogP) is 1.70. The molecule has 1 aromatic carbocycles. The molecular weight excluding hydrogens is 375 g/mol. The number of aliphatic hydroxyl groups is 1. The largest absolute Gasteiger partial charge is 0.508 e. The third-order valence-corrected chi connectivity index (χ3v) is 5.68. The van der Waals surface area contributed by atoms with Crippen molar-refractivity contribution in [2.75, 3.05) is 11.9 Å². The van der Waals surface area contributed by atoms with Crippen molar-refractivity contribution in [1.82, 2.24) is 15.6 Å². The van der Waals surface area contributed by atoms with E-state index in [9.17, 15) is 19.4 Å². The Labute approximate surface area is 168 Å². The molecule has 1 saturated carbocycles. The van der Waals surface area contributed by atoms with Crippen LogP contribution in [0, 0.1) is 5.82 Å². The number of pyridine rings is 1. The Morgan fingerprint density at radius 3 is 2.90 bits per heavy atom. The Balaban J connectivity index is 1.34. The van der Waals surface area contributed by atoms with Crippen molar-refractivity contribution in [3.8, 4) is 5.75 Å². The number of phenolic OH excluding ortho intramolecular Hbond substituents is 1. The normalized spacial score (nSPS) is 19.7. The highest BCUT2D eigenvalue weighted by molar-refractivity contribution is 5.95. The van der Waals surface area contributed by atoms with E-state index in [1.807, 2.05) is 6.07 Å². The molecule has 29 heavy (non-hydrogen) atoms. The molecule has 2 aromatic rings. The molecule has 0 bridgehead atoms. The number of amides is 1. The van der Waals surface area contributed by atoms with Gasteiger partial charge in [0.2, 0.25) is 0 Å². The van der Waals surface area contributed by atoms with E-state index >= 15 is 0 Å². The highest BCUT2D eigenvalue weighted by atomic mass is 19.1. The highest BCUT2D eigenvalue weighted by Crippen LogP contribution is 2.24. The number of aliphatic hydroxyl groups excluding tert-OH is 1. The van der Waals surface area contributed by atoms with Gasteiger partial charge >= 0.3 is 0 Å². The van der Waals surface area contributed by atoms with Gasteiger partial charge in [0.25, 0.3) is 5.91 Å². The van der Waals surface area contributed by atoms with Gasteiger partial charge in [-0.15, -0.1) is 0 Å². The summed E-state index contributed by atoms with van der Waals surface area (Å²) in [6.07, 6.45) is 4.03. The van der Waals surface area contributed by atoms with E-state index in [0.717, 1.165) is 36.6 Å². The number of phenols is 1. The first kappa shape index (κ1) is 19.6. The molecule has 7 nitrogen and oxygen atoms in total. The number of hydrogen-bond acceptors (Lipinski definition) is 6. The molecule has 1 aromatic heterocycles. The lowest BCUT2D eigenvalue weighted by Gasteiger charge is -2.30. The van der Waals surface area contributed by atoms with Crippen molar-refractivity contribution in [2.45, 2.75) is 50.4 Å². The molecule has 0 spiro atoms. The van der Waals surface area contributed by atoms with Crippen LogP contribution in [0.4, 0.5) is 10.2 Å². The monoisotopic (exact) mass is 400 g/mol. The van der Waals surface area contributed by atoms with Gasteiger partial charge in [-0.1, -0.05) is 6.07 Å². The summed E-state index contributed by atoms with van der Waals surface area (Å²) >= 11 is 0. The maximum absolute atomic E-state index is 14.1. The zero-order chi connectivity index (χ0) is 20.4. The maximum atomic E-state index is 14.1. The van der Waals surface area contributed by atoms with Crippen LogP contribution in [-0.4, -0.2) is 45.8 Å². The Hall–Kier alpha value is -2.71. The molecule has 8 heteroatoms. The minimum Gasteiger partial charge on any atom is -0.508 e. The smallest absolute Gasteiger partial charge is 0.254 e. The van der Waals surface area contributed by atoms with Gasteiger partial charge in [-0.25, -0.2) is 9.37 Å². The fourth-order valence-electron chi connectivity index (χ4n) is 3.69. The summed E-state index contributed by atoms with van der Waals surface area (Å²) in [5.74, 6) is -0.583. The second kappa shape index (κ2) is 8.34. The SMILES string of the molecule is O=C(NCC(O)[C@@H]1Cc2ccc(O)cc2CN1)c1cc(NC2CCC2)ncc1F. The number of benzene rings is 1. The third kappa shape index (κ3) is 4.49. The Kier molecular flexibility index (Phi) is 5.64. The summed E-state index contributed by atoms with van der Waals surface area (Å²) < 4.78 is 14.1. The van der Waals surface area contributed by atoms with E-state index < -0.39 is 17.8 Å². The molecule has 5 N–H and O–H groups in total. The Bertz CT molecular complexity index is 903. The zero-order valence-electron chi connectivity index (χ0n) is 16.0. The number of anilines is 1. The van der Waals surface area contributed by atoms with E-state index in [1.165, 1.54) is 6.07 Å². The number of halogens is 1. The summed E-state index contributed by atoms with van der Waals surface area (Å²) in [7, 11) is 0. The standard InChI is InChI=1S/C21H25FN4O3/c22-17-10-24-20(26-14-2-1-3-14)8-16(17)21(29)25-11-19(28)18-7-12-4-5-15(27)6-13(12)9-23-18/h4-6,8,10,14,18-19,23,27-28H,1-3,7,9,11H2,(H,24,26)(H,25,29)/t18-,19?/m0/s1. The molecule has 2 aliphatic rings. The van der Waals surface area contributed by atoms with Crippen LogP contribution >= 0.6 is 0 Å². The van der Waals surface area contributed by atoms with Gasteiger partial charge in [-0.05, 0) is 55.0 Å². The van der Waals surface area contributed by atoms with E-state index in [2.05, 4.69) is 20.9 Å². The minimum absolute atomic E-state index is 0.00291. The summed E-state index contributed by atoms with van der Waals surface area (Å²) in [5.41, 5.74) is 1.94. The topological polar surface area (TPSA) is 107 Å². The van der Waals surface area contributed by atoms with Crippen molar-refractivity contribution in [3.05, 3.63) is 53.0 Å². The zero-order valence-corrected chi connectivity index (χ0v) is 16.0. The second-order valence-corrected chi connectivity index (χ2v) is 7.74. The molecule has 2 heterocycles. The number of aromatic hydroxyl groups is 1. The van der Waals surface area contributed by atoms with Crippen LogP contribution in [0.1, 0.15) is 40.7 Å². The first-order valence-electron chi connectivity index (χ1n) is 9.92. The van der Waals surface area contributed by atoms with Crippen LogP contribution in [0.2, 0.25) is 0 Å². The van der Waals surface area contributed by atoms with Crippen molar-refractivity contribution >= 4 is 11.7 Å². The molecule has 154 valence electrons. The number of aromatic nitrogens is 1. The number of rotatable bonds is 6. The molecule has 1 aliphatic heterocycles. The number of carbonyl (C=O) groups is 1. The fourth-order valence-corrected chi connectivity index (χ4v) is 3.69. The first-order valence-corrected chi connectivity index (χ1v) is 9.92. The third-order valence-electron chi connectivity index (χ3n) is 5.68. The van der Waals surface area contributed by atoms with Crippen molar-refractivity contribution in [3.63, 3.8) is 0 Å². The predicted molar refractivity (Wildman–Crippen MR) is 106 cm³/mol. The molecule has 2 atom stereocenters. The lowest BCUT2D eigenvalue weighted by atomic mass is 9.92. The average Bonchev–Trinajstić information content (AvgIpc) is 2.69. The number of carbonyl (C=O) groups excluding carboxylic acids is 1. The highest BCUT2D eigenvalue weighted by Gasteiger charge is 2.26. The number of fused-ring (bicyclic) bond motifs is 1. The molecule has 1 unspecified atom stereocenters. The van der Waals surface area contributed by atoms with Crippen molar-refractivity contribution < 1.29 is 19.4 Å². The summed E-state index contributed by atoms with van der Waals surface area (Å²) in [6, 6.07) is 6.66. The number of hydrogen-bond donors (Lipinski definition) is 5. The molecule has 1 aliphatic carbocycles. The van der Waals surface area contributed by atoms with Crippen molar-refractivity contribution in [1.29, 1.82) is 0 Å². The molecule has 1 amide bonds. The number of nitrogens with one attached hydrogen (secondary N) is 3. The van der Waals surface area contributed by atoms with Crippen LogP contribution in [0.15, 0.2) is 30.5 Å². The van der Waals surface area contributed by atoms with E-state index in [4.69, 9.17) is 0 Å². The van der Waals surface area contributed by atoms with Crippen LogP contribution < -0.4 is 16.0 Å². The first-order chi connectivity index (χ1) is 14.0. The van der Waals surface area contributed by atoms with Gasteiger partial charge in [0.05, 0.1) is 17.9 Å². The second-order valence-electron chi connectivity index (χ2n) is 7.74. The summed E-state index contributed by atoms with van der Waals surface area (Å²) in [4.78, 5) is 16.4. The average molecular weight is 400 g/mol. The van der Waals surface area contributed by atoms with Gasteiger partial charge in [-0.2, -0.15) is 0 Å². The molecule has 1 fully saturated rings. The summed E-state index contributed by atoms with van der Waals surface area (Å²) in [5, 5.41) is 29.1. The molecule has 0 saturated heterocycles.